The van der Waals surface area contributed by atoms with Crippen LogP contribution in [0.1, 0.15) is 32.1 Å². The first kappa shape index (κ1) is 16.1. The standard InChI is InChI=1S/C16H26N4O3/c1-18(2)14(21)10-19-9-11-6-7-20(13(8-11)15(19)22)16(23)17-12-4-3-5-12/h11-13H,3-10H2,1-2H3,(H,17,23)/t11-,13+/m0/s1. The van der Waals surface area contributed by atoms with Gasteiger partial charge >= 0.3 is 6.03 Å². The molecule has 1 N–H and O–H groups in total. The van der Waals surface area contributed by atoms with Gasteiger partial charge in [-0.1, -0.05) is 0 Å². The SMILES string of the molecule is CN(C)C(=O)CN1C[C@H]2CCN(C(=O)NC3CCC3)[C@H](C2)C1=O. The number of carbonyl (C=O) groups is 3. The van der Waals surface area contributed by atoms with Crippen molar-refractivity contribution in [1.29, 1.82) is 0 Å². The molecule has 0 aromatic rings. The summed E-state index contributed by atoms with van der Waals surface area (Å²) < 4.78 is 0. The number of urea groups is 1. The second kappa shape index (κ2) is 6.37. The summed E-state index contributed by atoms with van der Waals surface area (Å²) >= 11 is 0. The molecule has 0 unspecified atom stereocenters. The fourth-order valence-corrected chi connectivity index (χ4v) is 3.55. The minimum absolute atomic E-state index is 0.0798. The Kier molecular flexibility index (Phi) is 4.46. The van der Waals surface area contributed by atoms with Crippen LogP contribution in [-0.2, 0) is 9.59 Å². The van der Waals surface area contributed by atoms with Crippen LogP contribution in [0.2, 0.25) is 0 Å². The number of piperidine rings is 2. The van der Waals surface area contributed by atoms with Gasteiger partial charge in [0.1, 0.15) is 6.04 Å². The van der Waals surface area contributed by atoms with Crippen LogP contribution < -0.4 is 5.32 Å². The number of nitrogens with one attached hydrogen (secondary N) is 1. The highest BCUT2D eigenvalue weighted by Gasteiger charge is 2.44. The summed E-state index contributed by atoms with van der Waals surface area (Å²) in [7, 11) is 3.38. The van der Waals surface area contributed by atoms with Crippen LogP contribution in [0.4, 0.5) is 4.79 Å². The second-order valence-corrected chi connectivity index (χ2v) is 7.18. The molecule has 0 aromatic carbocycles. The van der Waals surface area contributed by atoms with Crippen molar-refractivity contribution in [2.45, 2.75) is 44.2 Å². The Hall–Kier alpha value is -1.79. The van der Waals surface area contributed by atoms with Crippen molar-refractivity contribution in [3.63, 3.8) is 0 Å². The average molecular weight is 322 g/mol. The highest BCUT2D eigenvalue weighted by Crippen LogP contribution is 2.30. The third-order valence-corrected chi connectivity index (χ3v) is 5.30. The lowest BCUT2D eigenvalue weighted by atomic mass is 9.86. The second-order valence-electron chi connectivity index (χ2n) is 7.18. The molecule has 23 heavy (non-hydrogen) atoms. The Labute approximate surface area is 137 Å². The first-order chi connectivity index (χ1) is 11.0. The molecule has 1 saturated carbocycles. The Morgan fingerprint density at radius 2 is 2.00 bits per heavy atom. The van der Waals surface area contributed by atoms with Crippen LogP contribution in [0.3, 0.4) is 0 Å². The highest BCUT2D eigenvalue weighted by molar-refractivity contribution is 5.91. The molecule has 2 bridgehead atoms. The van der Waals surface area contributed by atoms with Gasteiger partial charge in [-0.25, -0.2) is 4.79 Å². The summed E-state index contributed by atoms with van der Waals surface area (Å²) in [4.78, 5) is 41.9. The van der Waals surface area contributed by atoms with E-state index in [4.69, 9.17) is 0 Å². The first-order valence-corrected chi connectivity index (χ1v) is 8.51. The Balaban J connectivity index is 1.65. The maximum absolute atomic E-state index is 12.7. The normalized spacial score (nSPS) is 27.5. The van der Waals surface area contributed by atoms with Crippen molar-refractivity contribution in [3.05, 3.63) is 0 Å². The van der Waals surface area contributed by atoms with Gasteiger partial charge in [-0.2, -0.15) is 0 Å². The molecule has 0 radical (unpaired) electrons. The van der Waals surface area contributed by atoms with Gasteiger partial charge in [0.15, 0.2) is 0 Å². The quantitative estimate of drug-likeness (QED) is 0.810. The van der Waals surface area contributed by atoms with Crippen molar-refractivity contribution in [1.82, 2.24) is 20.0 Å². The van der Waals surface area contributed by atoms with Crippen molar-refractivity contribution >= 4 is 17.8 Å². The summed E-state index contributed by atoms with van der Waals surface area (Å²) in [5.41, 5.74) is 0. The Morgan fingerprint density at radius 1 is 1.26 bits per heavy atom. The van der Waals surface area contributed by atoms with Crippen LogP contribution in [0.25, 0.3) is 0 Å². The molecule has 2 atom stereocenters. The number of likely N-dealkylation sites (N-methyl/N-ethyl adjacent to an activating group) is 1. The fourth-order valence-electron chi connectivity index (χ4n) is 3.55. The van der Waals surface area contributed by atoms with Gasteiger partial charge in [-0.05, 0) is 38.0 Å². The van der Waals surface area contributed by atoms with E-state index in [-0.39, 0.29) is 30.4 Å². The highest BCUT2D eigenvalue weighted by atomic mass is 16.2. The lowest BCUT2D eigenvalue weighted by molar-refractivity contribution is -0.148. The molecule has 7 heteroatoms. The van der Waals surface area contributed by atoms with Crippen LogP contribution in [-0.4, -0.2) is 78.4 Å². The number of carbonyl (C=O) groups excluding carboxylic acids is 3. The minimum Gasteiger partial charge on any atom is -0.347 e. The van der Waals surface area contributed by atoms with Crippen molar-refractivity contribution in [2.24, 2.45) is 5.92 Å². The summed E-state index contributed by atoms with van der Waals surface area (Å²) in [5.74, 6) is 0.226. The summed E-state index contributed by atoms with van der Waals surface area (Å²) in [6.45, 7) is 1.37. The van der Waals surface area contributed by atoms with Crippen molar-refractivity contribution < 1.29 is 14.4 Å². The number of hydrogen-bond acceptors (Lipinski definition) is 3. The Bertz CT molecular complexity index is 504. The van der Waals surface area contributed by atoms with Crippen molar-refractivity contribution in [3.8, 4) is 0 Å². The zero-order chi connectivity index (χ0) is 16.6. The van der Waals surface area contributed by atoms with Crippen LogP contribution >= 0.6 is 0 Å². The van der Waals surface area contributed by atoms with Gasteiger partial charge in [0, 0.05) is 33.2 Å². The number of hydrogen-bond donors (Lipinski definition) is 1. The number of fused-ring (bicyclic) bond motifs is 2. The number of rotatable bonds is 3. The van der Waals surface area contributed by atoms with E-state index in [1.807, 2.05) is 0 Å². The summed E-state index contributed by atoms with van der Waals surface area (Å²) in [5, 5.41) is 3.02. The fraction of sp³-hybridized carbons (Fsp3) is 0.812. The molecule has 1 aliphatic carbocycles. The molecule has 128 valence electrons. The average Bonchev–Trinajstić information content (AvgIpc) is 2.48. The third-order valence-electron chi connectivity index (χ3n) is 5.30. The molecular weight excluding hydrogens is 296 g/mol. The van der Waals surface area contributed by atoms with E-state index in [1.54, 1.807) is 23.9 Å². The molecule has 3 fully saturated rings. The molecule has 3 aliphatic rings. The number of likely N-dealkylation sites (tertiary alicyclic amines) is 2. The van der Waals surface area contributed by atoms with E-state index in [1.165, 1.54) is 4.90 Å². The number of nitrogens with zero attached hydrogens (tertiary/aromatic N) is 3. The van der Waals surface area contributed by atoms with E-state index < -0.39 is 6.04 Å². The van der Waals surface area contributed by atoms with E-state index in [0.717, 1.165) is 32.1 Å². The van der Waals surface area contributed by atoms with Crippen LogP contribution in [0.15, 0.2) is 0 Å². The molecule has 0 spiro atoms. The molecule has 0 aromatic heterocycles. The van der Waals surface area contributed by atoms with Gasteiger partial charge in [0.05, 0.1) is 6.54 Å². The minimum atomic E-state index is -0.405. The maximum Gasteiger partial charge on any atom is 0.318 e. The maximum atomic E-state index is 12.7. The van der Waals surface area contributed by atoms with E-state index in [0.29, 0.717) is 19.0 Å². The lowest BCUT2D eigenvalue weighted by Crippen LogP contribution is -2.63. The molecule has 3 rings (SSSR count). The monoisotopic (exact) mass is 322 g/mol. The Morgan fingerprint density at radius 3 is 2.61 bits per heavy atom. The molecule has 2 saturated heterocycles. The lowest BCUT2D eigenvalue weighted by Gasteiger charge is -2.46. The molecule has 2 aliphatic heterocycles. The third kappa shape index (κ3) is 3.28. The van der Waals surface area contributed by atoms with Gasteiger partial charge < -0.3 is 20.0 Å². The van der Waals surface area contributed by atoms with Gasteiger partial charge in [-0.15, -0.1) is 0 Å². The van der Waals surface area contributed by atoms with Gasteiger partial charge in [0.25, 0.3) is 0 Å². The topological polar surface area (TPSA) is 73.0 Å². The van der Waals surface area contributed by atoms with Crippen molar-refractivity contribution in [2.75, 3.05) is 33.7 Å². The van der Waals surface area contributed by atoms with Gasteiger partial charge in [0.2, 0.25) is 11.8 Å². The van der Waals surface area contributed by atoms with E-state index >= 15 is 0 Å². The van der Waals surface area contributed by atoms with Crippen LogP contribution in [0, 0.1) is 5.92 Å². The van der Waals surface area contributed by atoms with Crippen LogP contribution in [0.5, 0.6) is 0 Å². The zero-order valence-corrected chi connectivity index (χ0v) is 14.0. The van der Waals surface area contributed by atoms with Gasteiger partial charge in [-0.3, -0.25) is 9.59 Å². The molecule has 4 amide bonds. The number of amides is 4. The molecular formula is C16H26N4O3. The summed E-state index contributed by atoms with van der Waals surface area (Å²) in [6.07, 6.45) is 4.85. The summed E-state index contributed by atoms with van der Waals surface area (Å²) in [6, 6.07) is -0.254. The molecule has 7 nitrogen and oxygen atoms in total. The van der Waals surface area contributed by atoms with E-state index in [9.17, 15) is 14.4 Å². The zero-order valence-electron chi connectivity index (χ0n) is 14.0. The smallest absolute Gasteiger partial charge is 0.318 e. The molecule has 2 heterocycles. The predicted molar refractivity (Wildman–Crippen MR) is 84.7 cm³/mol. The first-order valence-electron chi connectivity index (χ1n) is 8.51. The van der Waals surface area contributed by atoms with E-state index in [2.05, 4.69) is 5.32 Å². The predicted octanol–water partition coefficient (Wildman–Crippen LogP) is 0.260. The largest absolute Gasteiger partial charge is 0.347 e.